The third kappa shape index (κ3) is 4.06. The third-order valence-electron chi connectivity index (χ3n) is 2.50. The van der Waals surface area contributed by atoms with Gasteiger partial charge in [-0.2, -0.15) is 15.0 Å². The van der Waals surface area contributed by atoms with E-state index >= 15 is 0 Å². The van der Waals surface area contributed by atoms with Gasteiger partial charge < -0.3 is 10.6 Å². The molecule has 0 saturated carbocycles. The number of benzene rings is 1. The van der Waals surface area contributed by atoms with Crippen LogP contribution in [0.1, 0.15) is 11.4 Å². The molecule has 0 unspecified atom stereocenters. The van der Waals surface area contributed by atoms with E-state index in [2.05, 4.69) is 15.0 Å². The molecule has 2 aromatic rings. The second-order valence-corrected chi connectivity index (χ2v) is 5.41. The third-order valence-corrected chi connectivity index (χ3v) is 3.50. The molecule has 0 aliphatic rings. The minimum Gasteiger partial charge on any atom is -0.368 e. The van der Waals surface area contributed by atoms with Crippen molar-refractivity contribution in [3.63, 3.8) is 0 Å². The fraction of sp³-hybridized carbons (Fsp3) is 0.308. The summed E-state index contributed by atoms with van der Waals surface area (Å²) in [4.78, 5) is 14.3. The van der Waals surface area contributed by atoms with Crippen molar-refractivity contribution in [1.82, 2.24) is 15.0 Å². The first-order valence-corrected chi connectivity index (χ1v) is 7.20. The van der Waals surface area contributed by atoms with Gasteiger partial charge in [0.2, 0.25) is 11.9 Å². The molecule has 2 N–H and O–H groups in total. The second-order valence-electron chi connectivity index (χ2n) is 4.42. The topological polar surface area (TPSA) is 67.9 Å². The zero-order chi connectivity index (χ0) is 14.5. The number of halogens is 1. The summed E-state index contributed by atoms with van der Waals surface area (Å²) in [5.41, 5.74) is 6.72. The van der Waals surface area contributed by atoms with Crippen LogP contribution in [0.5, 0.6) is 0 Å². The number of nitrogens with two attached hydrogens (primary N) is 1. The van der Waals surface area contributed by atoms with Crippen LogP contribution in [0.2, 0.25) is 0 Å². The lowest BCUT2D eigenvalue weighted by Gasteiger charge is -2.11. The summed E-state index contributed by atoms with van der Waals surface area (Å²) >= 11 is 1.65. The predicted octanol–water partition coefficient (Wildman–Crippen LogP) is 2.09. The van der Waals surface area contributed by atoms with Crippen molar-refractivity contribution in [2.75, 3.05) is 24.7 Å². The molecule has 0 bridgehead atoms. The van der Waals surface area contributed by atoms with E-state index in [1.165, 1.54) is 12.1 Å². The summed E-state index contributed by atoms with van der Waals surface area (Å²) in [6.07, 6.45) is 0. The first-order chi connectivity index (χ1) is 9.54. The van der Waals surface area contributed by atoms with Crippen LogP contribution in [-0.2, 0) is 11.5 Å². The van der Waals surface area contributed by atoms with E-state index in [0.717, 1.165) is 11.3 Å². The molecule has 0 saturated heterocycles. The fourth-order valence-electron chi connectivity index (χ4n) is 1.53. The summed E-state index contributed by atoms with van der Waals surface area (Å²) in [7, 11) is 3.70. The first kappa shape index (κ1) is 14.5. The Morgan fingerprint density at radius 3 is 2.45 bits per heavy atom. The summed E-state index contributed by atoms with van der Waals surface area (Å²) in [6, 6.07) is 6.46. The van der Waals surface area contributed by atoms with Gasteiger partial charge in [0, 0.05) is 19.8 Å². The van der Waals surface area contributed by atoms with Crippen LogP contribution >= 0.6 is 11.8 Å². The summed E-state index contributed by atoms with van der Waals surface area (Å²) in [6.45, 7) is 0. The average molecular weight is 293 g/mol. The number of aromatic nitrogens is 3. The highest BCUT2D eigenvalue weighted by Gasteiger charge is 2.06. The molecule has 0 aliphatic heterocycles. The Labute approximate surface area is 121 Å². The summed E-state index contributed by atoms with van der Waals surface area (Å²) in [5, 5.41) is 0. The molecule has 1 aromatic heterocycles. The van der Waals surface area contributed by atoms with Crippen molar-refractivity contribution in [2.24, 2.45) is 0 Å². The molecule has 5 nitrogen and oxygen atoms in total. The molecule has 1 heterocycles. The van der Waals surface area contributed by atoms with Crippen LogP contribution in [-0.4, -0.2) is 29.0 Å². The Morgan fingerprint density at radius 1 is 1.10 bits per heavy atom. The fourth-order valence-corrected chi connectivity index (χ4v) is 2.37. The van der Waals surface area contributed by atoms with Crippen molar-refractivity contribution < 1.29 is 4.39 Å². The van der Waals surface area contributed by atoms with Crippen molar-refractivity contribution in [2.45, 2.75) is 11.5 Å². The number of nitrogen functional groups attached to an aromatic ring is 1. The first-order valence-electron chi connectivity index (χ1n) is 6.04. The normalized spacial score (nSPS) is 10.6. The van der Waals surface area contributed by atoms with Crippen LogP contribution in [0.25, 0.3) is 0 Å². The van der Waals surface area contributed by atoms with Crippen LogP contribution in [0.15, 0.2) is 24.3 Å². The van der Waals surface area contributed by atoms with Crippen molar-refractivity contribution in [1.29, 1.82) is 0 Å². The molecule has 2 rings (SSSR count). The van der Waals surface area contributed by atoms with Gasteiger partial charge in [0.1, 0.15) is 11.6 Å². The van der Waals surface area contributed by atoms with E-state index in [1.54, 1.807) is 28.8 Å². The van der Waals surface area contributed by atoms with Gasteiger partial charge in [-0.3, -0.25) is 0 Å². The monoisotopic (exact) mass is 293 g/mol. The molecule has 0 atom stereocenters. The Bertz CT molecular complexity index is 573. The minimum absolute atomic E-state index is 0.223. The molecule has 0 aliphatic carbocycles. The molecular weight excluding hydrogens is 277 g/mol. The van der Waals surface area contributed by atoms with Crippen molar-refractivity contribution >= 4 is 23.7 Å². The van der Waals surface area contributed by atoms with Gasteiger partial charge in [-0.05, 0) is 17.7 Å². The molecule has 0 radical (unpaired) electrons. The summed E-state index contributed by atoms with van der Waals surface area (Å²) < 4.78 is 12.8. The average Bonchev–Trinajstić information content (AvgIpc) is 2.40. The highest BCUT2D eigenvalue weighted by atomic mass is 32.2. The number of hydrogen-bond acceptors (Lipinski definition) is 6. The Hall–Kier alpha value is -1.89. The number of thioether (sulfide) groups is 1. The Morgan fingerprint density at radius 2 is 1.80 bits per heavy atom. The molecule has 0 spiro atoms. The molecule has 20 heavy (non-hydrogen) atoms. The van der Waals surface area contributed by atoms with E-state index in [4.69, 9.17) is 5.73 Å². The van der Waals surface area contributed by atoms with Gasteiger partial charge in [0.15, 0.2) is 0 Å². The van der Waals surface area contributed by atoms with E-state index in [9.17, 15) is 4.39 Å². The zero-order valence-electron chi connectivity index (χ0n) is 11.4. The van der Waals surface area contributed by atoms with Gasteiger partial charge in [0.25, 0.3) is 0 Å². The zero-order valence-corrected chi connectivity index (χ0v) is 12.2. The van der Waals surface area contributed by atoms with Crippen LogP contribution < -0.4 is 10.6 Å². The maximum absolute atomic E-state index is 12.8. The van der Waals surface area contributed by atoms with Crippen LogP contribution in [0, 0.1) is 5.82 Å². The smallest absolute Gasteiger partial charge is 0.229 e. The quantitative estimate of drug-likeness (QED) is 0.910. The van der Waals surface area contributed by atoms with Gasteiger partial charge >= 0.3 is 0 Å². The van der Waals surface area contributed by atoms with Gasteiger partial charge in [-0.15, -0.1) is 11.8 Å². The SMILES string of the molecule is CN(C)c1nc(N)nc(CSCc2ccc(F)cc2)n1. The molecule has 106 valence electrons. The lowest BCUT2D eigenvalue weighted by Crippen LogP contribution is -2.15. The van der Waals surface area contributed by atoms with Crippen LogP contribution in [0.3, 0.4) is 0 Å². The minimum atomic E-state index is -0.223. The van der Waals surface area contributed by atoms with E-state index in [-0.39, 0.29) is 11.8 Å². The molecule has 1 aromatic carbocycles. The van der Waals surface area contributed by atoms with Crippen molar-refractivity contribution in [3.05, 3.63) is 41.5 Å². The van der Waals surface area contributed by atoms with E-state index in [1.807, 2.05) is 14.1 Å². The summed E-state index contributed by atoms with van der Waals surface area (Å²) in [5.74, 6) is 2.59. The second kappa shape index (κ2) is 6.51. The number of rotatable bonds is 5. The molecule has 0 fully saturated rings. The molecule has 7 heteroatoms. The van der Waals surface area contributed by atoms with E-state index < -0.39 is 0 Å². The highest BCUT2D eigenvalue weighted by Crippen LogP contribution is 2.17. The van der Waals surface area contributed by atoms with Gasteiger partial charge in [-0.25, -0.2) is 4.39 Å². The predicted molar refractivity (Wildman–Crippen MR) is 80.0 cm³/mol. The maximum atomic E-state index is 12.8. The van der Waals surface area contributed by atoms with Gasteiger partial charge in [0.05, 0.1) is 5.75 Å². The van der Waals surface area contributed by atoms with E-state index in [0.29, 0.717) is 17.5 Å². The van der Waals surface area contributed by atoms with Crippen molar-refractivity contribution in [3.8, 4) is 0 Å². The standard InChI is InChI=1S/C13H16FN5S/c1-19(2)13-17-11(16-12(15)18-13)8-20-7-9-3-5-10(14)6-4-9/h3-6H,7-8H2,1-2H3,(H2,15,16,17,18). The lowest BCUT2D eigenvalue weighted by molar-refractivity contribution is 0.627. The highest BCUT2D eigenvalue weighted by molar-refractivity contribution is 7.97. The Balaban J connectivity index is 1.95. The maximum Gasteiger partial charge on any atom is 0.229 e. The lowest BCUT2D eigenvalue weighted by atomic mass is 10.2. The Kier molecular flexibility index (Phi) is 4.73. The number of anilines is 2. The molecule has 0 amide bonds. The van der Waals surface area contributed by atoms with Gasteiger partial charge in [-0.1, -0.05) is 12.1 Å². The number of nitrogens with zero attached hydrogens (tertiary/aromatic N) is 4. The number of hydrogen-bond donors (Lipinski definition) is 1. The molecular formula is C13H16FN5S. The van der Waals surface area contributed by atoms with Crippen LogP contribution in [0.4, 0.5) is 16.3 Å². The largest absolute Gasteiger partial charge is 0.368 e.